The Balaban J connectivity index is 3.11. The van der Waals surface area contributed by atoms with E-state index in [9.17, 15) is 24.0 Å². The molecule has 0 saturated carbocycles. The van der Waals surface area contributed by atoms with Gasteiger partial charge in [-0.25, -0.2) is 24.0 Å². The fraction of sp³-hybridized carbons (Fsp3) is 0.513. The van der Waals surface area contributed by atoms with E-state index in [0.29, 0.717) is 5.56 Å². The van der Waals surface area contributed by atoms with Crippen LogP contribution in [0.25, 0.3) is 17.2 Å². The maximum absolute atomic E-state index is 13.1. The van der Waals surface area contributed by atoms with Crippen LogP contribution in [0.4, 0.5) is 24.0 Å². The van der Waals surface area contributed by atoms with E-state index < -0.39 is 76.0 Å². The molecule has 0 spiro atoms. The Morgan fingerprint density at radius 2 is 0.685 bits per heavy atom. The summed E-state index contributed by atoms with van der Waals surface area (Å²) in [4.78, 5) is 65.4. The SMILES string of the molecule is C=Cc1cc(OC(=O)OC(C)(C)C)c(-c2cc(OC(=O)OC(C)(C)C)c(OC(=O)OC(C)(C)C)c(OC(=O)OC(C)(C)C)c2)c(OC(=O)OC(C)(C)C)c1. The Bertz CT molecular complexity index is 1640. The molecule has 0 aliphatic rings. The van der Waals surface area contributed by atoms with E-state index in [1.807, 2.05) is 0 Å². The molecule has 0 amide bonds. The lowest BCUT2D eigenvalue weighted by molar-refractivity contribution is 0.0106. The average Bonchev–Trinajstić information content (AvgIpc) is 2.89. The molecule has 0 fully saturated rings. The summed E-state index contributed by atoms with van der Waals surface area (Å²) in [5.41, 5.74) is -5.00. The predicted octanol–water partition coefficient (Wildman–Crippen LogP) is 10.6. The number of rotatable bonds is 7. The molecule has 2 aromatic rings. The molecule has 0 aliphatic heterocycles. The third kappa shape index (κ3) is 16.0. The largest absolute Gasteiger partial charge is 0.514 e. The molecule has 0 radical (unpaired) electrons. The van der Waals surface area contributed by atoms with Crippen molar-refractivity contribution in [3.63, 3.8) is 0 Å². The van der Waals surface area contributed by atoms with E-state index in [-0.39, 0.29) is 22.6 Å². The molecule has 0 aromatic heterocycles. The van der Waals surface area contributed by atoms with Crippen LogP contribution in [-0.2, 0) is 23.7 Å². The van der Waals surface area contributed by atoms with Gasteiger partial charge in [0.2, 0.25) is 5.75 Å². The van der Waals surface area contributed by atoms with Gasteiger partial charge in [0.25, 0.3) is 0 Å². The third-order valence-corrected chi connectivity index (χ3v) is 5.54. The molecule has 15 heteroatoms. The first-order valence-electron chi connectivity index (χ1n) is 16.9. The fourth-order valence-corrected chi connectivity index (χ4v) is 3.94. The summed E-state index contributed by atoms with van der Waals surface area (Å²) < 4.78 is 54.6. The van der Waals surface area contributed by atoms with Crippen molar-refractivity contribution in [2.24, 2.45) is 0 Å². The van der Waals surface area contributed by atoms with Crippen molar-refractivity contribution in [2.45, 2.75) is 132 Å². The minimum atomic E-state index is -1.27. The number of benzene rings is 2. The Kier molecular flexibility index (Phi) is 13.8. The highest BCUT2D eigenvalue weighted by atomic mass is 16.8. The summed E-state index contributed by atoms with van der Waals surface area (Å²) >= 11 is 0. The highest BCUT2D eigenvalue weighted by Gasteiger charge is 2.32. The van der Waals surface area contributed by atoms with Crippen molar-refractivity contribution in [3.05, 3.63) is 36.4 Å². The summed E-state index contributed by atoms with van der Waals surface area (Å²) in [5, 5.41) is 0. The molecule has 54 heavy (non-hydrogen) atoms. The van der Waals surface area contributed by atoms with Crippen LogP contribution in [0.3, 0.4) is 0 Å². The van der Waals surface area contributed by atoms with Crippen molar-refractivity contribution in [1.82, 2.24) is 0 Å². The van der Waals surface area contributed by atoms with E-state index >= 15 is 0 Å². The molecule has 0 atom stereocenters. The van der Waals surface area contributed by atoms with Gasteiger partial charge in [-0.15, -0.1) is 0 Å². The first-order valence-corrected chi connectivity index (χ1v) is 16.9. The maximum Gasteiger partial charge on any atom is 0.514 e. The molecule has 0 saturated heterocycles. The summed E-state index contributed by atoms with van der Waals surface area (Å²) in [6, 6.07) is 5.06. The van der Waals surface area contributed by atoms with E-state index in [2.05, 4.69) is 6.58 Å². The van der Waals surface area contributed by atoms with E-state index in [1.165, 1.54) is 18.2 Å². The number of hydrogen-bond acceptors (Lipinski definition) is 15. The monoisotopic (exact) mass is 760 g/mol. The second-order valence-corrected chi connectivity index (χ2v) is 16.7. The summed E-state index contributed by atoms with van der Waals surface area (Å²) in [6.45, 7) is 27.7. The summed E-state index contributed by atoms with van der Waals surface area (Å²) in [6.07, 6.45) is -4.68. The Hall–Kier alpha value is -5.47. The summed E-state index contributed by atoms with van der Waals surface area (Å²) in [5.74, 6) is -2.23. The first-order chi connectivity index (χ1) is 24.3. The zero-order valence-electron chi connectivity index (χ0n) is 33.7. The number of ether oxygens (including phenoxy) is 10. The van der Waals surface area contributed by atoms with Crippen LogP contribution in [-0.4, -0.2) is 58.8 Å². The highest BCUT2D eigenvalue weighted by Crippen LogP contribution is 2.48. The molecular formula is C39H52O15. The lowest BCUT2D eigenvalue weighted by Gasteiger charge is -2.24. The van der Waals surface area contributed by atoms with Crippen LogP contribution in [0.5, 0.6) is 28.7 Å². The number of carbonyl (C=O) groups excluding carboxylic acids is 5. The first kappa shape index (κ1) is 44.7. The topological polar surface area (TPSA) is 178 Å². The van der Waals surface area contributed by atoms with Gasteiger partial charge in [-0.1, -0.05) is 12.7 Å². The van der Waals surface area contributed by atoms with Crippen LogP contribution >= 0.6 is 0 Å². The third-order valence-electron chi connectivity index (χ3n) is 5.54. The Labute approximate surface area is 316 Å². The van der Waals surface area contributed by atoms with Gasteiger partial charge in [0.05, 0.1) is 5.56 Å². The average molecular weight is 761 g/mol. The molecule has 298 valence electrons. The van der Waals surface area contributed by atoms with E-state index in [1.54, 1.807) is 104 Å². The van der Waals surface area contributed by atoms with Gasteiger partial charge in [0.15, 0.2) is 11.5 Å². The van der Waals surface area contributed by atoms with Gasteiger partial charge >= 0.3 is 30.8 Å². The van der Waals surface area contributed by atoms with Gasteiger partial charge in [0, 0.05) is 0 Å². The predicted molar refractivity (Wildman–Crippen MR) is 196 cm³/mol. The van der Waals surface area contributed by atoms with Crippen molar-refractivity contribution in [1.29, 1.82) is 0 Å². The van der Waals surface area contributed by atoms with Crippen molar-refractivity contribution < 1.29 is 71.3 Å². The quantitative estimate of drug-likeness (QED) is 0.148. The van der Waals surface area contributed by atoms with Gasteiger partial charge in [-0.2, -0.15) is 0 Å². The second kappa shape index (κ2) is 16.7. The van der Waals surface area contributed by atoms with Crippen LogP contribution in [0.2, 0.25) is 0 Å². The molecule has 2 rings (SSSR count). The normalized spacial score (nSPS) is 12.1. The zero-order chi connectivity index (χ0) is 41.6. The lowest BCUT2D eigenvalue weighted by atomic mass is 9.99. The minimum absolute atomic E-state index is 0.0867. The smallest absolute Gasteiger partial charge is 0.428 e. The van der Waals surface area contributed by atoms with E-state index in [4.69, 9.17) is 47.4 Å². The van der Waals surface area contributed by atoms with Crippen LogP contribution in [0.1, 0.15) is 109 Å². The van der Waals surface area contributed by atoms with Gasteiger partial charge in [0.1, 0.15) is 39.5 Å². The van der Waals surface area contributed by atoms with Gasteiger partial charge < -0.3 is 47.4 Å². The van der Waals surface area contributed by atoms with Crippen molar-refractivity contribution >= 4 is 36.9 Å². The fourth-order valence-electron chi connectivity index (χ4n) is 3.94. The Morgan fingerprint density at radius 3 is 0.944 bits per heavy atom. The van der Waals surface area contributed by atoms with Crippen LogP contribution in [0.15, 0.2) is 30.8 Å². The van der Waals surface area contributed by atoms with Crippen LogP contribution < -0.4 is 23.7 Å². The van der Waals surface area contributed by atoms with Gasteiger partial charge in [-0.3, -0.25) is 0 Å². The maximum atomic E-state index is 13.1. The number of hydrogen-bond donors (Lipinski definition) is 0. The minimum Gasteiger partial charge on any atom is -0.428 e. The molecule has 0 bridgehead atoms. The zero-order valence-corrected chi connectivity index (χ0v) is 33.7. The van der Waals surface area contributed by atoms with Crippen molar-refractivity contribution in [2.75, 3.05) is 0 Å². The van der Waals surface area contributed by atoms with E-state index in [0.717, 1.165) is 12.1 Å². The molecule has 0 N–H and O–H groups in total. The highest BCUT2D eigenvalue weighted by molar-refractivity contribution is 5.87. The van der Waals surface area contributed by atoms with Crippen LogP contribution in [0, 0.1) is 0 Å². The summed E-state index contributed by atoms with van der Waals surface area (Å²) in [7, 11) is 0. The lowest BCUT2D eigenvalue weighted by Crippen LogP contribution is -2.28. The Morgan fingerprint density at radius 1 is 0.426 bits per heavy atom. The molecule has 15 nitrogen and oxygen atoms in total. The molecule has 0 aliphatic carbocycles. The second-order valence-electron chi connectivity index (χ2n) is 16.7. The molecular weight excluding hydrogens is 708 g/mol. The number of carbonyl (C=O) groups is 5. The van der Waals surface area contributed by atoms with Crippen molar-refractivity contribution in [3.8, 4) is 39.9 Å². The van der Waals surface area contributed by atoms with Gasteiger partial charge in [-0.05, 0) is 139 Å². The molecule has 0 heterocycles. The standard InChI is InChI=1S/C39H52O15/c1-17-22-18-24(45-30(40)50-35(2,3)4)28(25(19-22)46-31(41)51-36(5,6)7)23-20-26(47-32(42)52-37(8,9)10)29(49-34(44)54-39(14,15)16)27(21-23)48-33(43)53-38(11,12)13/h17-21H,1H2,2-16H3. The molecule has 0 unspecified atom stereocenters. The molecule has 2 aromatic carbocycles.